The molecule has 0 radical (unpaired) electrons. The van der Waals surface area contributed by atoms with Crippen molar-refractivity contribution in [2.45, 2.75) is 33.7 Å². The van der Waals surface area contributed by atoms with Crippen molar-refractivity contribution in [2.75, 3.05) is 44.3 Å². The fourth-order valence-corrected chi connectivity index (χ4v) is 4.99. The van der Waals surface area contributed by atoms with Crippen molar-refractivity contribution >= 4 is 45.0 Å². The third-order valence-electron chi connectivity index (χ3n) is 5.44. The lowest BCUT2D eigenvalue weighted by atomic mass is 10.1. The fourth-order valence-electron chi connectivity index (χ4n) is 3.83. The normalized spacial score (nSPS) is 14.5. The first-order chi connectivity index (χ1) is 14.5. The van der Waals surface area contributed by atoms with Crippen LogP contribution in [0.4, 0.5) is 5.13 Å². The van der Waals surface area contributed by atoms with Gasteiger partial charge in [0.15, 0.2) is 10.8 Å². The molecule has 1 aliphatic rings. The predicted octanol–water partition coefficient (Wildman–Crippen LogP) is 3.92. The van der Waals surface area contributed by atoms with E-state index >= 15 is 0 Å². The van der Waals surface area contributed by atoms with Gasteiger partial charge in [-0.2, -0.15) is 5.10 Å². The minimum Gasteiger partial charge on any atom is -0.379 e. The van der Waals surface area contributed by atoms with E-state index in [4.69, 9.17) is 9.72 Å². The molecule has 0 bridgehead atoms. The Kier molecular flexibility index (Phi) is 8.05. The smallest absolute Gasteiger partial charge is 0.280 e. The molecule has 4 rings (SSSR count). The van der Waals surface area contributed by atoms with E-state index in [0.717, 1.165) is 66.7 Å². The van der Waals surface area contributed by atoms with Crippen molar-refractivity contribution in [2.24, 2.45) is 0 Å². The zero-order chi connectivity index (χ0) is 21.1. The van der Waals surface area contributed by atoms with Gasteiger partial charge in [0, 0.05) is 38.9 Å². The summed E-state index contributed by atoms with van der Waals surface area (Å²) in [6, 6.07) is 6.08. The number of carbonyl (C=O) groups is 1. The molecule has 1 amide bonds. The van der Waals surface area contributed by atoms with Gasteiger partial charge in [-0.25, -0.2) is 4.98 Å². The Labute approximate surface area is 193 Å². The zero-order valence-corrected chi connectivity index (χ0v) is 20.0. The molecule has 9 heteroatoms. The Hall–Kier alpha value is -2.00. The van der Waals surface area contributed by atoms with Crippen molar-refractivity contribution in [1.82, 2.24) is 19.7 Å². The lowest BCUT2D eigenvalue weighted by Gasteiger charge is -2.27. The number of hydrogen-bond donors (Lipinski definition) is 0. The van der Waals surface area contributed by atoms with E-state index < -0.39 is 0 Å². The Balaban J connectivity index is 0.00000272. The van der Waals surface area contributed by atoms with Gasteiger partial charge in [0.1, 0.15) is 0 Å². The van der Waals surface area contributed by atoms with E-state index in [-0.39, 0.29) is 18.3 Å². The Morgan fingerprint density at radius 3 is 2.74 bits per heavy atom. The molecular weight excluding hydrogens is 434 g/mol. The monoisotopic (exact) mass is 463 g/mol. The van der Waals surface area contributed by atoms with Crippen LogP contribution < -0.4 is 4.90 Å². The number of hydrogen-bond acceptors (Lipinski definition) is 6. The number of carbonyl (C=O) groups excluding carboxylic acids is 1. The molecule has 3 heterocycles. The second kappa shape index (κ2) is 10.5. The molecule has 7 nitrogen and oxygen atoms in total. The summed E-state index contributed by atoms with van der Waals surface area (Å²) in [6.07, 6.45) is 2.74. The number of halogens is 1. The fraction of sp³-hybridized carbons (Fsp3) is 0.500. The molecule has 3 aromatic rings. The summed E-state index contributed by atoms with van der Waals surface area (Å²) in [4.78, 5) is 22.4. The van der Waals surface area contributed by atoms with Crippen molar-refractivity contribution < 1.29 is 9.53 Å². The maximum absolute atomic E-state index is 13.4. The van der Waals surface area contributed by atoms with Gasteiger partial charge in [0.05, 0.1) is 23.4 Å². The van der Waals surface area contributed by atoms with Crippen molar-refractivity contribution in [1.29, 1.82) is 0 Å². The second-order valence-corrected chi connectivity index (χ2v) is 8.76. The Morgan fingerprint density at radius 2 is 2.03 bits per heavy atom. The van der Waals surface area contributed by atoms with E-state index in [9.17, 15) is 4.79 Å². The van der Waals surface area contributed by atoms with Gasteiger partial charge < -0.3 is 4.74 Å². The molecule has 0 atom stereocenters. The van der Waals surface area contributed by atoms with Crippen molar-refractivity contribution in [3.05, 3.63) is 41.2 Å². The Morgan fingerprint density at radius 1 is 1.26 bits per heavy atom. The Bertz CT molecular complexity index is 1030. The van der Waals surface area contributed by atoms with Gasteiger partial charge >= 0.3 is 0 Å². The van der Waals surface area contributed by atoms with Gasteiger partial charge in [0.2, 0.25) is 0 Å². The van der Waals surface area contributed by atoms with E-state index in [0.29, 0.717) is 12.2 Å². The highest BCUT2D eigenvalue weighted by atomic mass is 35.5. The van der Waals surface area contributed by atoms with Crippen LogP contribution >= 0.6 is 23.7 Å². The van der Waals surface area contributed by atoms with Crippen LogP contribution in [0.5, 0.6) is 0 Å². The number of fused-ring (bicyclic) bond motifs is 1. The summed E-state index contributed by atoms with van der Waals surface area (Å²) in [7, 11) is 0. The topological polar surface area (TPSA) is 63.5 Å². The first-order valence-corrected chi connectivity index (χ1v) is 11.4. The number of thiazole rings is 1. The van der Waals surface area contributed by atoms with Crippen LogP contribution in [0.15, 0.2) is 24.4 Å². The van der Waals surface area contributed by atoms with Gasteiger partial charge in [0.25, 0.3) is 5.91 Å². The third kappa shape index (κ3) is 5.44. The first-order valence-electron chi connectivity index (χ1n) is 10.6. The molecule has 31 heavy (non-hydrogen) atoms. The second-order valence-electron chi connectivity index (χ2n) is 7.75. The van der Waals surface area contributed by atoms with Crippen LogP contribution in [0.25, 0.3) is 10.2 Å². The minimum atomic E-state index is -0.0855. The largest absolute Gasteiger partial charge is 0.379 e. The molecule has 0 aliphatic carbocycles. The number of aromatic nitrogens is 3. The summed E-state index contributed by atoms with van der Waals surface area (Å²) in [6.45, 7) is 12.0. The maximum atomic E-state index is 13.4. The highest BCUT2D eigenvalue weighted by molar-refractivity contribution is 7.22. The maximum Gasteiger partial charge on any atom is 0.280 e. The molecule has 0 N–H and O–H groups in total. The summed E-state index contributed by atoms with van der Waals surface area (Å²) >= 11 is 1.58. The van der Waals surface area contributed by atoms with E-state index in [1.165, 1.54) is 5.56 Å². The van der Waals surface area contributed by atoms with Crippen LogP contribution in [0.1, 0.15) is 35.0 Å². The van der Waals surface area contributed by atoms with Crippen LogP contribution in [0.3, 0.4) is 0 Å². The molecule has 1 saturated heterocycles. The van der Waals surface area contributed by atoms with Crippen molar-refractivity contribution in [3.8, 4) is 0 Å². The number of ether oxygens (including phenoxy) is 1. The number of morpholine rings is 1. The van der Waals surface area contributed by atoms with Gasteiger partial charge in [-0.1, -0.05) is 17.4 Å². The molecule has 2 aromatic heterocycles. The van der Waals surface area contributed by atoms with E-state index in [1.54, 1.807) is 22.1 Å². The molecule has 0 saturated carbocycles. The van der Waals surface area contributed by atoms with Crippen LogP contribution in [0, 0.1) is 13.8 Å². The number of benzene rings is 1. The highest BCUT2D eigenvalue weighted by Crippen LogP contribution is 2.32. The lowest BCUT2D eigenvalue weighted by Crippen LogP contribution is -2.39. The van der Waals surface area contributed by atoms with Crippen LogP contribution in [-0.2, 0) is 11.3 Å². The summed E-state index contributed by atoms with van der Waals surface area (Å²) in [5.74, 6) is -0.0855. The van der Waals surface area contributed by atoms with Gasteiger partial charge in [-0.15, -0.1) is 12.4 Å². The first kappa shape index (κ1) is 23.7. The number of amides is 1. The average Bonchev–Trinajstić information content (AvgIpc) is 3.39. The number of anilines is 1. The highest BCUT2D eigenvalue weighted by Gasteiger charge is 2.24. The zero-order valence-electron chi connectivity index (χ0n) is 18.3. The number of aryl methyl sites for hydroxylation is 3. The lowest BCUT2D eigenvalue weighted by molar-refractivity contribution is 0.0376. The predicted molar refractivity (Wildman–Crippen MR) is 128 cm³/mol. The molecular formula is C22H30ClN5O2S. The molecule has 1 aromatic carbocycles. The van der Waals surface area contributed by atoms with Crippen molar-refractivity contribution in [3.63, 3.8) is 0 Å². The third-order valence-corrected chi connectivity index (χ3v) is 6.46. The summed E-state index contributed by atoms with van der Waals surface area (Å²) < 4.78 is 8.34. The van der Waals surface area contributed by atoms with Gasteiger partial charge in [-0.3, -0.25) is 19.3 Å². The molecule has 168 valence electrons. The molecule has 0 unspecified atom stereocenters. The number of nitrogens with zero attached hydrogens (tertiary/aromatic N) is 5. The van der Waals surface area contributed by atoms with Crippen LogP contribution in [0.2, 0.25) is 0 Å². The SMILES string of the molecule is CCn1ccc(C(=O)N(CCCN2CCOCC2)c2nc3c(C)cc(C)cc3s2)n1.Cl. The van der Waals surface area contributed by atoms with Gasteiger partial charge in [-0.05, 0) is 50.5 Å². The summed E-state index contributed by atoms with van der Waals surface area (Å²) in [5, 5.41) is 5.18. The van der Waals surface area contributed by atoms with E-state index in [1.807, 2.05) is 18.0 Å². The number of rotatable bonds is 7. The standard InChI is InChI=1S/C22H29N5O2S.ClH/c1-4-26-9-6-18(24-26)21(28)27(8-5-7-25-10-12-29-13-11-25)22-23-20-17(3)14-16(2)15-19(20)30-22;/h6,9,14-15H,4-5,7-8,10-13H2,1-3H3;1H. The minimum absolute atomic E-state index is 0. The summed E-state index contributed by atoms with van der Waals surface area (Å²) in [5.41, 5.74) is 3.80. The quantitative estimate of drug-likeness (QED) is 0.531. The van der Waals surface area contributed by atoms with Crippen LogP contribution in [-0.4, -0.2) is 65.0 Å². The molecule has 1 aliphatic heterocycles. The molecule has 1 fully saturated rings. The average molecular weight is 464 g/mol. The van der Waals surface area contributed by atoms with E-state index in [2.05, 4.69) is 36.0 Å². The molecule has 0 spiro atoms.